The standard InChI is InChI=1S/C23H22N4O2S/c1-24-23-26-16-18-15-19(9-12-22(18)27-23)25-14-13-17-7-10-21(11-8-17)30(28,29)20-5-3-2-4-6-20/h2-12,15-16,25H,13-14H2,1H3,(H,24,26,27). The summed E-state index contributed by atoms with van der Waals surface area (Å²) in [5.41, 5.74) is 2.94. The van der Waals surface area contributed by atoms with Crippen molar-refractivity contribution in [3.63, 3.8) is 0 Å². The maximum Gasteiger partial charge on any atom is 0.222 e. The van der Waals surface area contributed by atoms with Crippen molar-refractivity contribution in [1.29, 1.82) is 0 Å². The van der Waals surface area contributed by atoms with Crippen LogP contribution >= 0.6 is 0 Å². The number of hydrogen-bond acceptors (Lipinski definition) is 6. The second-order valence-corrected chi connectivity index (χ2v) is 8.80. The van der Waals surface area contributed by atoms with Gasteiger partial charge >= 0.3 is 0 Å². The van der Waals surface area contributed by atoms with Crippen LogP contribution in [0.1, 0.15) is 5.56 Å². The first-order chi connectivity index (χ1) is 14.6. The fourth-order valence-electron chi connectivity index (χ4n) is 3.19. The fraction of sp³-hybridized carbons (Fsp3) is 0.130. The quantitative estimate of drug-likeness (QED) is 0.469. The molecule has 0 radical (unpaired) electrons. The Balaban J connectivity index is 1.39. The van der Waals surface area contributed by atoms with Gasteiger partial charge in [-0.3, -0.25) is 0 Å². The number of aromatic nitrogens is 2. The van der Waals surface area contributed by atoms with Crippen LogP contribution in [0.4, 0.5) is 11.6 Å². The zero-order valence-electron chi connectivity index (χ0n) is 16.5. The molecule has 0 aliphatic heterocycles. The molecular formula is C23H22N4O2S. The van der Waals surface area contributed by atoms with Gasteiger partial charge in [0.15, 0.2) is 0 Å². The first-order valence-electron chi connectivity index (χ1n) is 9.64. The van der Waals surface area contributed by atoms with Crippen molar-refractivity contribution in [2.75, 3.05) is 24.2 Å². The molecule has 0 aliphatic carbocycles. The van der Waals surface area contributed by atoms with Gasteiger partial charge in [0.1, 0.15) is 0 Å². The van der Waals surface area contributed by atoms with E-state index in [0.717, 1.165) is 35.1 Å². The van der Waals surface area contributed by atoms with E-state index in [9.17, 15) is 8.42 Å². The molecule has 4 aromatic rings. The summed E-state index contributed by atoms with van der Waals surface area (Å²) in [6.45, 7) is 0.728. The predicted octanol–water partition coefficient (Wildman–Crippen LogP) is 4.16. The largest absolute Gasteiger partial charge is 0.385 e. The lowest BCUT2D eigenvalue weighted by Gasteiger charge is -2.09. The van der Waals surface area contributed by atoms with Crippen LogP contribution in [0, 0.1) is 0 Å². The molecule has 0 aliphatic rings. The summed E-state index contributed by atoms with van der Waals surface area (Å²) in [7, 11) is -1.68. The predicted molar refractivity (Wildman–Crippen MR) is 120 cm³/mol. The average molecular weight is 419 g/mol. The van der Waals surface area contributed by atoms with Crippen LogP contribution in [-0.2, 0) is 16.3 Å². The lowest BCUT2D eigenvalue weighted by atomic mass is 10.1. The highest BCUT2D eigenvalue weighted by Crippen LogP contribution is 2.21. The number of fused-ring (bicyclic) bond motifs is 1. The van der Waals surface area contributed by atoms with Gasteiger partial charge in [0, 0.05) is 30.9 Å². The summed E-state index contributed by atoms with van der Waals surface area (Å²) in [6.07, 6.45) is 2.57. The Labute approximate surface area is 175 Å². The average Bonchev–Trinajstić information content (AvgIpc) is 2.79. The molecular weight excluding hydrogens is 396 g/mol. The van der Waals surface area contributed by atoms with Gasteiger partial charge in [0.05, 0.1) is 15.3 Å². The molecule has 2 N–H and O–H groups in total. The Morgan fingerprint density at radius 1 is 0.900 bits per heavy atom. The number of hydrogen-bond donors (Lipinski definition) is 2. The summed E-state index contributed by atoms with van der Waals surface area (Å²) in [6, 6.07) is 21.5. The third-order valence-corrected chi connectivity index (χ3v) is 6.62. The highest BCUT2D eigenvalue weighted by atomic mass is 32.2. The zero-order chi connectivity index (χ0) is 21.0. The molecule has 7 heteroatoms. The van der Waals surface area contributed by atoms with E-state index in [1.54, 1.807) is 55.7 Å². The third kappa shape index (κ3) is 4.26. The van der Waals surface area contributed by atoms with E-state index in [2.05, 4.69) is 20.6 Å². The van der Waals surface area contributed by atoms with E-state index < -0.39 is 9.84 Å². The Hall–Kier alpha value is -3.45. The van der Waals surface area contributed by atoms with Gasteiger partial charge in [0.25, 0.3) is 0 Å². The third-order valence-electron chi connectivity index (χ3n) is 4.83. The van der Waals surface area contributed by atoms with Crippen molar-refractivity contribution >= 4 is 32.4 Å². The monoisotopic (exact) mass is 418 g/mol. The highest BCUT2D eigenvalue weighted by molar-refractivity contribution is 7.91. The molecule has 0 amide bonds. The van der Waals surface area contributed by atoms with Crippen molar-refractivity contribution in [2.45, 2.75) is 16.2 Å². The summed E-state index contributed by atoms with van der Waals surface area (Å²) in [4.78, 5) is 9.27. The molecule has 6 nitrogen and oxygen atoms in total. The van der Waals surface area contributed by atoms with E-state index in [0.29, 0.717) is 15.7 Å². The van der Waals surface area contributed by atoms with E-state index in [1.165, 1.54) is 0 Å². The van der Waals surface area contributed by atoms with Gasteiger partial charge in [-0.1, -0.05) is 30.3 Å². The van der Waals surface area contributed by atoms with E-state index in [1.807, 2.05) is 30.3 Å². The van der Waals surface area contributed by atoms with Crippen LogP contribution < -0.4 is 10.6 Å². The van der Waals surface area contributed by atoms with Crippen LogP contribution in [-0.4, -0.2) is 32.0 Å². The van der Waals surface area contributed by atoms with Gasteiger partial charge in [-0.2, -0.15) is 0 Å². The molecule has 3 aromatic carbocycles. The van der Waals surface area contributed by atoms with Crippen molar-refractivity contribution < 1.29 is 8.42 Å². The first kappa shape index (κ1) is 19.8. The molecule has 1 heterocycles. The molecule has 0 spiro atoms. The number of nitrogens with one attached hydrogen (secondary N) is 2. The SMILES string of the molecule is CNc1ncc2cc(NCCc3ccc(S(=O)(=O)c4ccccc4)cc3)ccc2n1. The normalized spacial score (nSPS) is 11.4. The molecule has 0 saturated carbocycles. The Morgan fingerprint density at radius 2 is 1.63 bits per heavy atom. The topological polar surface area (TPSA) is 84.0 Å². The summed E-state index contributed by atoms with van der Waals surface area (Å²) >= 11 is 0. The Bertz CT molecular complexity index is 1260. The van der Waals surface area contributed by atoms with Crippen LogP contribution in [0.2, 0.25) is 0 Å². The second-order valence-electron chi connectivity index (χ2n) is 6.85. The zero-order valence-corrected chi connectivity index (χ0v) is 17.4. The minimum Gasteiger partial charge on any atom is -0.385 e. The number of anilines is 2. The molecule has 1 aromatic heterocycles. The van der Waals surface area contributed by atoms with Crippen LogP contribution in [0.15, 0.2) is 88.8 Å². The van der Waals surface area contributed by atoms with Crippen molar-refractivity contribution in [2.24, 2.45) is 0 Å². The van der Waals surface area contributed by atoms with E-state index in [4.69, 9.17) is 0 Å². The van der Waals surface area contributed by atoms with E-state index in [-0.39, 0.29) is 0 Å². The molecule has 0 atom stereocenters. The summed E-state index contributed by atoms with van der Waals surface area (Å²) < 4.78 is 25.3. The molecule has 0 unspecified atom stereocenters. The summed E-state index contributed by atoms with van der Waals surface area (Å²) in [5.74, 6) is 0.598. The molecule has 4 rings (SSSR count). The van der Waals surface area contributed by atoms with Gasteiger partial charge in [-0.05, 0) is 54.4 Å². The van der Waals surface area contributed by atoms with Crippen molar-refractivity contribution in [3.8, 4) is 0 Å². The molecule has 0 bridgehead atoms. The van der Waals surface area contributed by atoms with Gasteiger partial charge in [0.2, 0.25) is 15.8 Å². The maximum absolute atomic E-state index is 12.7. The van der Waals surface area contributed by atoms with Crippen LogP contribution in [0.3, 0.4) is 0 Å². The number of benzene rings is 3. The number of nitrogens with zero attached hydrogens (tertiary/aromatic N) is 2. The van der Waals surface area contributed by atoms with Crippen LogP contribution in [0.5, 0.6) is 0 Å². The number of sulfone groups is 1. The Morgan fingerprint density at radius 3 is 2.37 bits per heavy atom. The van der Waals surface area contributed by atoms with Crippen molar-refractivity contribution in [3.05, 3.63) is 84.6 Å². The minimum absolute atomic E-state index is 0.306. The summed E-state index contributed by atoms with van der Waals surface area (Å²) in [5, 5.41) is 7.30. The van der Waals surface area contributed by atoms with Crippen LogP contribution in [0.25, 0.3) is 10.9 Å². The highest BCUT2D eigenvalue weighted by Gasteiger charge is 2.16. The minimum atomic E-state index is -3.48. The molecule has 152 valence electrons. The fourth-order valence-corrected chi connectivity index (χ4v) is 4.47. The van der Waals surface area contributed by atoms with Gasteiger partial charge in [-0.25, -0.2) is 18.4 Å². The smallest absolute Gasteiger partial charge is 0.222 e. The molecule has 30 heavy (non-hydrogen) atoms. The van der Waals surface area contributed by atoms with Gasteiger partial charge < -0.3 is 10.6 Å². The molecule has 0 fully saturated rings. The Kier molecular flexibility index (Phi) is 5.63. The molecule has 0 saturated heterocycles. The number of rotatable bonds is 7. The van der Waals surface area contributed by atoms with E-state index >= 15 is 0 Å². The van der Waals surface area contributed by atoms with Crippen molar-refractivity contribution in [1.82, 2.24) is 9.97 Å². The second kappa shape index (κ2) is 8.51. The van der Waals surface area contributed by atoms with Gasteiger partial charge in [-0.15, -0.1) is 0 Å². The lowest BCUT2D eigenvalue weighted by molar-refractivity contribution is 0.596. The lowest BCUT2D eigenvalue weighted by Crippen LogP contribution is -2.06. The first-order valence-corrected chi connectivity index (χ1v) is 11.1. The maximum atomic E-state index is 12.7.